The number of fused-ring (bicyclic) bond motifs is 1. The van der Waals surface area contributed by atoms with Crippen molar-refractivity contribution in [2.24, 2.45) is 5.92 Å². The smallest absolute Gasteiger partial charge is 0.323 e. The number of aromatic nitrogens is 3. The van der Waals surface area contributed by atoms with Crippen LogP contribution in [0.15, 0.2) is 35.3 Å². The van der Waals surface area contributed by atoms with Gasteiger partial charge in [0.25, 0.3) is 0 Å². The molecule has 1 saturated carbocycles. The SMILES string of the molecule is COc1cc2[nH]c(=O)[nH]c2cc1NC(=O)N[C@@H](c1ncccc1C)C1CC1. The van der Waals surface area contributed by atoms with Crippen LogP contribution in [-0.4, -0.2) is 28.1 Å². The molecule has 1 atom stereocenters. The minimum absolute atomic E-state index is 0.131. The maximum Gasteiger partial charge on any atom is 0.323 e. The van der Waals surface area contributed by atoms with Crippen LogP contribution in [0.4, 0.5) is 10.5 Å². The average molecular weight is 367 g/mol. The number of amides is 2. The molecule has 3 aromatic rings. The maximum atomic E-state index is 12.7. The van der Waals surface area contributed by atoms with E-state index in [2.05, 4.69) is 25.6 Å². The van der Waals surface area contributed by atoms with Crippen LogP contribution in [0.2, 0.25) is 0 Å². The Morgan fingerprint density at radius 2 is 2.04 bits per heavy atom. The molecule has 0 aliphatic heterocycles. The van der Waals surface area contributed by atoms with Crippen LogP contribution in [0, 0.1) is 12.8 Å². The highest BCUT2D eigenvalue weighted by Gasteiger charge is 2.35. The third-order valence-electron chi connectivity index (χ3n) is 4.81. The summed E-state index contributed by atoms with van der Waals surface area (Å²) in [6.07, 6.45) is 3.89. The highest BCUT2D eigenvalue weighted by atomic mass is 16.5. The summed E-state index contributed by atoms with van der Waals surface area (Å²) in [7, 11) is 1.51. The molecule has 2 heterocycles. The Kier molecular flexibility index (Phi) is 4.31. The van der Waals surface area contributed by atoms with Crippen molar-refractivity contribution in [2.45, 2.75) is 25.8 Å². The molecule has 8 nitrogen and oxygen atoms in total. The molecule has 27 heavy (non-hydrogen) atoms. The van der Waals surface area contributed by atoms with Gasteiger partial charge in [0.1, 0.15) is 5.75 Å². The van der Waals surface area contributed by atoms with Gasteiger partial charge < -0.3 is 25.3 Å². The van der Waals surface area contributed by atoms with Crippen LogP contribution >= 0.6 is 0 Å². The van der Waals surface area contributed by atoms with Crippen molar-refractivity contribution < 1.29 is 9.53 Å². The van der Waals surface area contributed by atoms with E-state index in [1.54, 1.807) is 18.3 Å². The lowest BCUT2D eigenvalue weighted by Gasteiger charge is -2.20. The standard InChI is InChI=1S/C19H21N5O3/c1-10-4-3-7-20-16(10)17(11-5-6-11)24-19(26)23-14-8-12-13(9-15(14)27-2)22-18(25)21-12/h3-4,7-9,11,17H,5-6H2,1-2H3,(H2,21,22,25)(H2,23,24,26)/t17-/m1/s1. The number of ether oxygens (including phenoxy) is 1. The van der Waals surface area contributed by atoms with Crippen LogP contribution in [0.5, 0.6) is 5.75 Å². The number of hydrogen-bond donors (Lipinski definition) is 4. The van der Waals surface area contributed by atoms with Crippen molar-refractivity contribution in [3.63, 3.8) is 0 Å². The summed E-state index contributed by atoms with van der Waals surface area (Å²) in [6.45, 7) is 2.00. The minimum atomic E-state index is -0.340. The van der Waals surface area contributed by atoms with Gasteiger partial charge >= 0.3 is 11.7 Å². The number of H-pyrrole nitrogens is 2. The molecular weight excluding hydrogens is 346 g/mol. The second kappa shape index (κ2) is 6.79. The second-order valence-electron chi connectivity index (χ2n) is 6.80. The average Bonchev–Trinajstić information content (AvgIpc) is 3.41. The lowest BCUT2D eigenvalue weighted by atomic mass is 10.0. The van der Waals surface area contributed by atoms with Gasteiger partial charge in [-0.3, -0.25) is 4.98 Å². The number of carbonyl (C=O) groups is 1. The number of carbonyl (C=O) groups excluding carboxylic acids is 1. The van der Waals surface area contributed by atoms with Crippen LogP contribution in [0.25, 0.3) is 11.0 Å². The van der Waals surface area contributed by atoms with E-state index in [0.29, 0.717) is 28.4 Å². The summed E-state index contributed by atoms with van der Waals surface area (Å²) < 4.78 is 5.34. The van der Waals surface area contributed by atoms with E-state index in [4.69, 9.17) is 4.74 Å². The molecular formula is C19H21N5O3. The van der Waals surface area contributed by atoms with Crippen LogP contribution in [0.3, 0.4) is 0 Å². The van der Waals surface area contributed by atoms with E-state index in [1.807, 2.05) is 19.1 Å². The van der Waals surface area contributed by atoms with Crippen LogP contribution in [-0.2, 0) is 0 Å². The van der Waals surface area contributed by atoms with Gasteiger partial charge in [-0.05, 0) is 43.4 Å². The number of hydrogen-bond acceptors (Lipinski definition) is 4. The van der Waals surface area contributed by atoms with Gasteiger partial charge in [0.15, 0.2) is 0 Å². The lowest BCUT2D eigenvalue weighted by molar-refractivity contribution is 0.246. The summed E-state index contributed by atoms with van der Waals surface area (Å²) in [5.41, 5.74) is 3.32. The summed E-state index contributed by atoms with van der Waals surface area (Å²) >= 11 is 0. The first kappa shape index (κ1) is 17.1. The zero-order valence-electron chi connectivity index (χ0n) is 15.1. The van der Waals surface area contributed by atoms with Crippen molar-refractivity contribution in [3.05, 3.63) is 52.2 Å². The van der Waals surface area contributed by atoms with E-state index in [-0.39, 0.29) is 17.8 Å². The fourth-order valence-corrected chi connectivity index (χ4v) is 3.29. The molecule has 1 aromatic carbocycles. The number of aromatic amines is 2. The van der Waals surface area contributed by atoms with Gasteiger partial charge in [0.05, 0.1) is 35.6 Å². The second-order valence-corrected chi connectivity index (χ2v) is 6.80. The number of nitrogens with zero attached hydrogens (tertiary/aromatic N) is 1. The van der Waals surface area contributed by atoms with Gasteiger partial charge in [-0.25, -0.2) is 9.59 Å². The first-order chi connectivity index (χ1) is 13.0. The Bertz CT molecular complexity index is 1050. The number of nitrogens with one attached hydrogen (secondary N) is 4. The lowest BCUT2D eigenvalue weighted by Crippen LogP contribution is -2.34. The number of rotatable bonds is 5. The number of methoxy groups -OCH3 is 1. The number of anilines is 1. The quantitative estimate of drug-likeness (QED) is 0.555. The molecule has 8 heteroatoms. The topological polar surface area (TPSA) is 112 Å². The molecule has 2 aromatic heterocycles. The molecule has 0 spiro atoms. The van der Waals surface area contributed by atoms with E-state index in [1.165, 1.54) is 7.11 Å². The van der Waals surface area contributed by atoms with Crippen molar-refractivity contribution in [3.8, 4) is 5.75 Å². The molecule has 1 fully saturated rings. The summed E-state index contributed by atoms with van der Waals surface area (Å²) in [4.78, 5) is 34.0. The Morgan fingerprint density at radius 1 is 1.30 bits per heavy atom. The molecule has 0 bridgehead atoms. The largest absolute Gasteiger partial charge is 0.494 e. The van der Waals surface area contributed by atoms with Gasteiger partial charge in [0.2, 0.25) is 0 Å². The van der Waals surface area contributed by atoms with Crippen molar-refractivity contribution in [1.29, 1.82) is 0 Å². The van der Waals surface area contributed by atoms with E-state index in [9.17, 15) is 9.59 Å². The normalized spacial score (nSPS) is 14.7. The van der Waals surface area contributed by atoms with Crippen molar-refractivity contribution in [2.75, 3.05) is 12.4 Å². The molecule has 1 aliphatic rings. The van der Waals surface area contributed by atoms with Gasteiger partial charge in [-0.2, -0.15) is 0 Å². The maximum absolute atomic E-state index is 12.7. The summed E-state index contributed by atoms with van der Waals surface area (Å²) in [6, 6.07) is 6.76. The fourth-order valence-electron chi connectivity index (χ4n) is 3.29. The molecule has 4 N–H and O–H groups in total. The first-order valence-corrected chi connectivity index (χ1v) is 8.84. The predicted molar refractivity (Wildman–Crippen MR) is 102 cm³/mol. The molecule has 0 unspecified atom stereocenters. The van der Waals surface area contributed by atoms with Gasteiger partial charge in [-0.15, -0.1) is 0 Å². The number of imidazole rings is 1. The molecule has 0 saturated heterocycles. The monoisotopic (exact) mass is 367 g/mol. The Balaban J connectivity index is 1.57. The van der Waals surface area contributed by atoms with E-state index >= 15 is 0 Å². The number of aryl methyl sites for hydroxylation is 1. The number of benzene rings is 1. The Labute approximate surface area is 155 Å². The highest BCUT2D eigenvalue weighted by molar-refractivity contribution is 5.94. The van der Waals surface area contributed by atoms with Crippen LogP contribution in [0.1, 0.15) is 30.1 Å². The molecule has 4 rings (SSSR count). The zero-order chi connectivity index (χ0) is 19.0. The van der Waals surface area contributed by atoms with Crippen LogP contribution < -0.4 is 21.1 Å². The molecule has 140 valence electrons. The number of urea groups is 1. The molecule has 1 aliphatic carbocycles. The van der Waals surface area contributed by atoms with E-state index < -0.39 is 0 Å². The van der Waals surface area contributed by atoms with E-state index in [0.717, 1.165) is 24.1 Å². The highest BCUT2D eigenvalue weighted by Crippen LogP contribution is 2.41. The third-order valence-corrected chi connectivity index (χ3v) is 4.81. The molecule has 0 radical (unpaired) electrons. The first-order valence-electron chi connectivity index (χ1n) is 8.84. The third kappa shape index (κ3) is 3.51. The zero-order valence-corrected chi connectivity index (χ0v) is 15.1. The Hall–Kier alpha value is -3.29. The van der Waals surface area contributed by atoms with Crippen molar-refractivity contribution in [1.82, 2.24) is 20.3 Å². The molecule has 2 amide bonds. The minimum Gasteiger partial charge on any atom is -0.494 e. The van der Waals surface area contributed by atoms with Crippen molar-refractivity contribution >= 4 is 22.8 Å². The fraction of sp³-hybridized carbons (Fsp3) is 0.316. The predicted octanol–water partition coefficient (Wildman–Crippen LogP) is 2.84. The van der Waals surface area contributed by atoms with Gasteiger partial charge in [0, 0.05) is 12.3 Å². The van der Waals surface area contributed by atoms with Gasteiger partial charge in [-0.1, -0.05) is 6.07 Å². The summed E-state index contributed by atoms with van der Waals surface area (Å²) in [5, 5.41) is 5.87. The Morgan fingerprint density at radius 3 is 2.70 bits per heavy atom. The number of pyridine rings is 1. The summed E-state index contributed by atoms with van der Waals surface area (Å²) in [5.74, 6) is 0.861.